The van der Waals surface area contributed by atoms with Gasteiger partial charge in [-0.3, -0.25) is 9.36 Å². The summed E-state index contributed by atoms with van der Waals surface area (Å²) in [6.07, 6.45) is 0.318. The van der Waals surface area contributed by atoms with Crippen LogP contribution in [0.25, 0.3) is 21.5 Å². The van der Waals surface area contributed by atoms with Crippen molar-refractivity contribution in [3.63, 3.8) is 0 Å². The molecule has 2 aromatic carbocycles. The highest BCUT2D eigenvalue weighted by Crippen LogP contribution is 2.26. The quantitative estimate of drug-likeness (QED) is 0.363. The number of esters is 1. The van der Waals surface area contributed by atoms with E-state index < -0.39 is 11.7 Å². The van der Waals surface area contributed by atoms with Crippen LogP contribution in [0.5, 0.6) is 0 Å². The molecule has 0 radical (unpaired) electrons. The Morgan fingerprint density at radius 2 is 2.00 bits per heavy atom. The van der Waals surface area contributed by atoms with E-state index in [0.717, 1.165) is 10.1 Å². The number of nitrogens with one attached hydrogen (secondary N) is 1. The van der Waals surface area contributed by atoms with Gasteiger partial charge in [0.25, 0.3) is 5.56 Å². The second kappa shape index (κ2) is 8.64. The molecule has 2 heterocycles. The summed E-state index contributed by atoms with van der Waals surface area (Å²) >= 11 is 7.31. The number of carbonyl (C=O) groups excluding carboxylic acids is 1. The van der Waals surface area contributed by atoms with Crippen LogP contribution in [0.3, 0.4) is 0 Å². The van der Waals surface area contributed by atoms with Gasteiger partial charge in [-0.1, -0.05) is 35.9 Å². The Kier molecular flexibility index (Phi) is 5.78. The maximum atomic E-state index is 12.5. The van der Waals surface area contributed by atoms with Crippen molar-refractivity contribution < 1.29 is 9.53 Å². The summed E-state index contributed by atoms with van der Waals surface area (Å²) in [6, 6.07) is 14.0. The summed E-state index contributed by atoms with van der Waals surface area (Å²) in [5.41, 5.74) is 0.661. The molecule has 0 unspecified atom stereocenters. The highest BCUT2D eigenvalue weighted by Gasteiger charge is 2.14. The largest absolute Gasteiger partial charge is 0.461 e. The van der Waals surface area contributed by atoms with Crippen LogP contribution < -0.4 is 11.2 Å². The first-order chi connectivity index (χ1) is 14.5. The molecule has 0 aliphatic rings. The van der Waals surface area contributed by atoms with Crippen molar-refractivity contribution in [2.45, 2.75) is 13.0 Å². The molecule has 2 aromatic heterocycles. The summed E-state index contributed by atoms with van der Waals surface area (Å²) < 4.78 is 6.35. The lowest BCUT2D eigenvalue weighted by Crippen LogP contribution is -2.35. The predicted octanol–water partition coefficient (Wildman–Crippen LogP) is 3.71. The molecule has 4 aromatic rings. The maximum absolute atomic E-state index is 12.5. The van der Waals surface area contributed by atoms with Crippen LogP contribution in [0.2, 0.25) is 5.02 Å². The molecular formula is C21H16ClN3O4S. The topological polar surface area (TPSA) is 94.0 Å². The Hall–Kier alpha value is -3.23. The van der Waals surface area contributed by atoms with Gasteiger partial charge in [0.2, 0.25) is 0 Å². The lowest BCUT2D eigenvalue weighted by Gasteiger charge is -2.07. The molecule has 0 aliphatic heterocycles. The number of hydrogen-bond donors (Lipinski definition) is 1. The lowest BCUT2D eigenvalue weighted by atomic mass is 10.2. The molecule has 9 heteroatoms. The van der Waals surface area contributed by atoms with Crippen molar-refractivity contribution in [1.29, 1.82) is 0 Å². The van der Waals surface area contributed by atoms with Crippen LogP contribution >= 0.6 is 22.9 Å². The standard InChI is InChI=1S/C21H16ClN3O4S/c22-14-6-3-5-13(11-14)18-23-17(12-30-18)20(27)29-10-4-9-25-19(26)15-7-1-2-8-16(15)24-21(25)28/h1-3,5-8,11-12H,4,9-10H2,(H,24,28). The summed E-state index contributed by atoms with van der Waals surface area (Å²) in [5, 5.41) is 3.31. The van der Waals surface area contributed by atoms with Crippen molar-refractivity contribution in [2.24, 2.45) is 0 Å². The molecule has 152 valence electrons. The first-order valence-corrected chi connectivity index (χ1v) is 10.4. The van der Waals surface area contributed by atoms with E-state index in [1.54, 1.807) is 41.8 Å². The average molecular weight is 442 g/mol. The molecule has 0 spiro atoms. The molecule has 0 saturated carbocycles. The second-order valence-corrected chi connectivity index (χ2v) is 7.76. The molecule has 0 saturated heterocycles. The van der Waals surface area contributed by atoms with Crippen LogP contribution in [0.1, 0.15) is 16.9 Å². The van der Waals surface area contributed by atoms with Gasteiger partial charge in [-0.15, -0.1) is 11.3 Å². The summed E-state index contributed by atoms with van der Waals surface area (Å²) in [7, 11) is 0. The van der Waals surface area contributed by atoms with Gasteiger partial charge in [0, 0.05) is 22.5 Å². The Morgan fingerprint density at radius 3 is 2.83 bits per heavy atom. The number of H-pyrrole nitrogens is 1. The van der Waals surface area contributed by atoms with Crippen molar-refractivity contribution in [3.8, 4) is 10.6 Å². The highest BCUT2D eigenvalue weighted by atomic mass is 35.5. The van der Waals surface area contributed by atoms with E-state index in [0.29, 0.717) is 27.4 Å². The average Bonchev–Trinajstić information content (AvgIpc) is 3.23. The molecule has 0 fully saturated rings. The number of benzene rings is 2. The number of halogens is 1. The van der Waals surface area contributed by atoms with Gasteiger partial charge < -0.3 is 9.72 Å². The van der Waals surface area contributed by atoms with E-state index in [1.165, 1.54) is 11.3 Å². The highest BCUT2D eigenvalue weighted by molar-refractivity contribution is 7.13. The van der Waals surface area contributed by atoms with Crippen LogP contribution in [-0.4, -0.2) is 27.1 Å². The summed E-state index contributed by atoms with van der Waals surface area (Å²) in [6.45, 7) is 0.193. The van der Waals surface area contributed by atoms with Gasteiger partial charge in [0.15, 0.2) is 5.69 Å². The number of para-hydroxylation sites is 1. The number of hydrogen-bond acceptors (Lipinski definition) is 6. The molecule has 4 rings (SSSR count). The Morgan fingerprint density at radius 1 is 1.17 bits per heavy atom. The van der Waals surface area contributed by atoms with Gasteiger partial charge in [-0.05, 0) is 30.7 Å². The molecule has 1 N–H and O–H groups in total. The number of aromatic amines is 1. The Balaban J connectivity index is 1.37. The fraction of sp³-hybridized carbons (Fsp3) is 0.143. The minimum Gasteiger partial charge on any atom is -0.461 e. The lowest BCUT2D eigenvalue weighted by molar-refractivity contribution is 0.0489. The monoisotopic (exact) mass is 441 g/mol. The zero-order valence-corrected chi connectivity index (χ0v) is 17.2. The number of nitrogens with zero attached hydrogens (tertiary/aromatic N) is 2. The number of aromatic nitrogens is 3. The fourth-order valence-electron chi connectivity index (χ4n) is 2.99. The molecule has 0 atom stereocenters. The molecule has 0 bridgehead atoms. The third kappa shape index (κ3) is 4.19. The molecule has 0 aliphatic carbocycles. The molecule has 0 amide bonds. The van der Waals surface area contributed by atoms with E-state index in [9.17, 15) is 14.4 Å². The summed E-state index contributed by atoms with van der Waals surface area (Å²) in [4.78, 5) is 43.8. The SMILES string of the molecule is O=C(OCCCn1c(=O)[nH]c2ccccc2c1=O)c1csc(-c2cccc(Cl)c2)n1. The van der Waals surface area contributed by atoms with E-state index in [1.807, 2.05) is 12.1 Å². The number of rotatable bonds is 6. The Labute approximate surface area is 179 Å². The molecule has 7 nitrogen and oxygen atoms in total. The zero-order valence-electron chi connectivity index (χ0n) is 15.6. The third-order valence-electron chi connectivity index (χ3n) is 4.43. The maximum Gasteiger partial charge on any atom is 0.357 e. The third-order valence-corrected chi connectivity index (χ3v) is 5.56. The minimum atomic E-state index is -0.556. The van der Waals surface area contributed by atoms with Crippen molar-refractivity contribution in [3.05, 3.63) is 85.5 Å². The first kappa shape index (κ1) is 20.1. The predicted molar refractivity (Wildman–Crippen MR) is 116 cm³/mol. The van der Waals surface area contributed by atoms with Gasteiger partial charge in [0.05, 0.1) is 17.5 Å². The number of carbonyl (C=O) groups is 1. The van der Waals surface area contributed by atoms with E-state index in [2.05, 4.69) is 9.97 Å². The van der Waals surface area contributed by atoms with Gasteiger partial charge >= 0.3 is 11.7 Å². The van der Waals surface area contributed by atoms with E-state index in [-0.39, 0.29) is 24.4 Å². The van der Waals surface area contributed by atoms with Crippen LogP contribution in [0.15, 0.2) is 63.5 Å². The Bertz CT molecular complexity index is 1340. The van der Waals surface area contributed by atoms with Gasteiger partial charge in [-0.25, -0.2) is 14.6 Å². The second-order valence-electron chi connectivity index (χ2n) is 6.47. The van der Waals surface area contributed by atoms with E-state index in [4.69, 9.17) is 16.3 Å². The number of fused-ring (bicyclic) bond motifs is 1. The minimum absolute atomic E-state index is 0.0571. The number of ether oxygens (including phenoxy) is 1. The van der Waals surface area contributed by atoms with Crippen LogP contribution in [-0.2, 0) is 11.3 Å². The first-order valence-electron chi connectivity index (χ1n) is 9.13. The molecule has 30 heavy (non-hydrogen) atoms. The van der Waals surface area contributed by atoms with Gasteiger partial charge in [0.1, 0.15) is 5.01 Å². The summed E-state index contributed by atoms with van der Waals surface area (Å²) in [5.74, 6) is -0.556. The van der Waals surface area contributed by atoms with Crippen molar-refractivity contribution >= 4 is 39.8 Å². The van der Waals surface area contributed by atoms with Crippen molar-refractivity contribution in [2.75, 3.05) is 6.61 Å². The normalized spacial score (nSPS) is 11.0. The zero-order chi connectivity index (χ0) is 21.1. The van der Waals surface area contributed by atoms with Gasteiger partial charge in [-0.2, -0.15) is 0 Å². The molecular weight excluding hydrogens is 426 g/mol. The van der Waals surface area contributed by atoms with Crippen LogP contribution in [0, 0.1) is 0 Å². The fourth-order valence-corrected chi connectivity index (χ4v) is 3.96. The van der Waals surface area contributed by atoms with Crippen molar-refractivity contribution in [1.82, 2.24) is 14.5 Å². The van der Waals surface area contributed by atoms with Crippen LogP contribution in [0.4, 0.5) is 0 Å². The smallest absolute Gasteiger partial charge is 0.357 e. The van der Waals surface area contributed by atoms with E-state index >= 15 is 0 Å². The number of thiazole rings is 1.